The fraction of sp³-hybridized carbons (Fsp3) is 0.333. The van der Waals surface area contributed by atoms with Crippen LogP contribution in [0.25, 0.3) is 0 Å². The van der Waals surface area contributed by atoms with Gasteiger partial charge in [0, 0.05) is 6.04 Å². The van der Waals surface area contributed by atoms with Crippen LogP contribution in [0.5, 0.6) is 0 Å². The summed E-state index contributed by atoms with van der Waals surface area (Å²) in [6.45, 7) is 1.76. The molecule has 1 rings (SSSR count). The summed E-state index contributed by atoms with van der Waals surface area (Å²) in [6.07, 6.45) is 0. The monoisotopic (exact) mass is 151 g/mol. The first-order chi connectivity index (χ1) is 5.16. The van der Waals surface area contributed by atoms with Crippen molar-refractivity contribution in [2.45, 2.75) is 13.0 Å². The molecule has 0 radical (unpaired) electrons. The molecule has 1 heterocycles. The van der Waals surface area contributed by atoms with E-state index in [2.05, 4.69) is 10.2 Å². The molecule has 1 aromatic rings. The van der Waals surface area contributed by atoms with E-state index in [4.69, 9.17) is 16.7 Å². The van der Waals surface area contributed by atoms with Crippen molar-refractivity contribution in [2.24, 2.45) is 5.73 Å². The van der Waals surface area contributed by atoms with Crippen LogP contribution in [0, 0.1) is 11.3 Å². The highest BCUT2D eigenvalue weighted by atomic mass is 15.2. The first kappa shape index (κ1) is 7.57. The minimum Gasteiger partial charge on any atom is -0.381 e. The highest BCUT2D eigenvalue weighted by molar-refractivity contribution is 5.51. The normalized spacial score (nSPS) is 12.5. The molecule has 0 spiro atoms. The number of hydrogen-bond acceptors (Lipinski definition) is 4. The van der Waals surface area contributed by atoms with Gasteiger partial charge in [0.2, 0.25) is 0 Å². The summed E-state index contributed by atoms with van der Waals surface area (Å²) in [5.41, 5.74) is 11.8. The molecule has 0 aliphatic carbocycles. The summed E-state index contributed by atoms with van der Waals surface area (Å²) < 4.78 is 0. The van der Waals surface area contributed by atoms with Crippen LogP contribution in [0.15, 0.2) is 0 Å². The minimum atomic E-state index is -0.241. The minimum absolute atomic E-state index is 0.208. The van der Waals surface area contributed by atoms with Gasteiger partial charge < -0.3 is 11.5 Å². The number of rotatable bonds is 1. The number of anilines is 1. The summed E-state index contributed by atoms with van der Waals surface area (Å²) in [5.74, 6) is 0.208. The largest absolute Gasteiger partial charge is 0.381 e. The zero-order valence-corrected chi connectivity index (χ0v) is 6.13. The number of nitrogens with zero attached hydrogens (tertiary/aromatic N) is 2. The van der Waals surface area contributed by atoms with Gasteiger partial charge in [-0.05, 0) is 6.92 Å². The van der Waals surface area contributed by atoms with Crippen molar-refractivity contribution in [3.63, 3.8) is 0 Å². The summed E-state index contributed by atoms with van der Waals surface area (Å²) in [4.78, 5) is 0. The number of nitrogens with one attached hydrogen (secondary N) is 1. The van der Waals surface area contributed by atoms with E-state index in [0.29, 0.717) is 11.3 Å². The third-order valence-corrected chi connectivity index (χ3v) is 1.39. The van der Waals surface area contributed by atoms with Crippen molar-refractivity contribution in [3.8, 4) is 6.07 Å². The number of aromatic nitrogens is 2. The van der Waals surface area contributed by atoms with Crippen LogP contribution in [0.1, 0.15) is 24.2 Å². The molecule has 11 heavy (non-hydrogen) atoms. The Labute approximate surface area is 64.0 Å². The fourth-order valence-electron chi connectivity index (χ4n) is 0.817. The van der Waals surface area contributed by atoms with Crippen LogP contribution in [0.2, 0.25) is 0 Å². The Morgan fingerprint density at radius 2 is 2.36 bits per heavy atom. The Kier molecular flexibility index (Phi) is 1.79. The lowest BCUT2D eigenvalue weighted by atomic mass is 10.1. The fourth-order valence-corrected chi connectivity index (χ4v) is 0.817. The van der Waals surface area contributed by atoms with E-state index in [-0.39, 0.29) is 11.9 Å². The highest BCUT2D eigenvalue weighted by Gasteiger charge is 2.12. The maximum atomic E-state index is 8.59. The molecule has 0 saturated carbocycles. The van der Waals surface area contributed by atoms with Gasteiger partial charge in [-0.3, -0.25) is 5.10 Å². The van der Waals surface area contributed by atoms with Crippen molar-refractivity contribution in [3.05, 3.63) is 11.3 Å². The first-order valence-corrected chi connectivity index (χ1v) is 3.16. The molecule has 5 heteroatoms. The average molecular weight is 151 g/mol. The quantitative estimate of drug-likeness (QED) is 0.520. The summed E-state index contributed by atoms with van der Waals surface area (Å²) in [7, 11) is 0. The molecule has 0 bridgehead atoms. The molecule has 0 saturated heterocycles. The third kappa shape index (κ3) is 1.16. The van der Waals surface area contributed by atoms with Gasteiger partial charge in [-0.15, -0.1) is 0 Å². The molecule has 5 N–H and O–H groups in total. The molecule has 1 aromatic heterocycles. The molecule has 0 aliphatic heterocycles. The van der Waals surface area contributed by atoms with Crippen LogP contribution in [-0.4, -0.2) is 10.2 Å². The zero-order valence-electron chi connectivity index (χ0n) is 6.13. The summed E-state index contributed by atoms with van der Waals surface area (Å²) in [5, 5.41) is 14.9. The Bertz CT molecular complexity index is 292. The summed E-state index contributed by atoms with van der Waals surface area (Å²) in [6, 6.07) is 1.69. The molecule has 0 aromatic carbocycles. The molecule has 0 fully saturated rings. The van der Waals surface area contributed by atoms with Crippen molar-refractivity contribution in [2.75, 3.05) is 5.73 Å². The van der Waals surface area contributed by atoms with E-state index in [1.807, 2.05) is 6.07 Å². The second-order valence-electron chi connectivity index (χ2n) is 2.30. The van der Waals surface area contributed by atoms with Gasteiger partial charge in [0.25, 0.3) is 0 Å². The lowest BCUT2D eigenvalue weighted by Crippen LogP contribution is -2.07. The van der Waals surface area contributed by atoms with Crippen LogP contribution >= 0.6 is 0 Å². The molecule has 0 unspecified atom stereocenters. The highest BCUT2D eigenvalue weighted by Crippen LogP contribution is 2.16. The molecule has 58 valence electrons. The second kappa shape index (κ2) is 2.60. The average Bonchev–Trinajstić information content (AvgIpc) is 2.30. The number of nitrogen functional groups attached to an aromatic ring is 1. The second-order valence-corrected chi connectivity index (χ2v) is 2.30. The van der Waals surface area contributed by atoms with Crippen molar-refractivity contribution in [1.82, 2.24) is 10.2 Å². The van der Waals surface area contributed by atoms with E-state index in [1.165, 1.54) is 0 Å². The number of H-pyrrole nitrogens is 1. The Balaban J connectivity index is 3.19. The van der Waals surface area contributed by atoms with Crippen LogP contribution in [0.3, 0.4) is 0 Å². The molecule has 0 aliphatic rings. The SMILES string of the molecule is C[C@H](N)c1[nH]nc(N)c1C#N. The number of nitrogens with two attached hydrogens (primary N) is 2. The zero-order chi connectivity index (χ0) is 8.43. The van der Waals surface area contributed by atoms with Crippen LogP contribution in [0.4, 0.5) is 5.82 Å². The smallest absolute Gasteiger partial charge is 0.163 e. The Morgan fingerprint density at radius 1 is 1.73 bits per heavy atom. The lowest BCUT2D eigenvalue weighted by molar-refractivity contribution is 0.770. The Hall–Kier alpha value is -1.54. The van der Waals surface area contributed by atoms with E-state index in [9.17, 15) is 0 Å². The molecular formula is C6H9N5. The van der Waals surface area contributed by atoms with Crippen LogP contribution in [-0.2, 0) is 0 Å². The van der Waals surface area contributed by atoms with Gasteiger partial charge in [0.05, 0.1) is 5.69 Å². The van der Waals surface area contributed by atoms with Crippen molar-refractivity contribution >= 4 is 5.82 Å². The van der Waals surface area contributed by atoms with E-state index in [0.717, 1.165) is 0 Å². The molecular weight excluding hydrogens is 142 g/mol. The number of nitriles is 1. The van der Waals surface area contributed by atoms with Gasteiger partial charge in [-0.1, -0.05) is 0 Å². The summed E-state index contributed by atoms with van der Waals surface area (Å²) >= 11 is 0. The molecule has 5 nitrogen and oxygen atoms in total. The van der Waals surface area contributed by atoms with Gasteiger partial charge in [0.15, 0.2) is 5.82 Å². The Morgan fingerprint density at radius 3 is 2.73 bits per heavy atom. The predicted molar refractivity (Wildman–Crippen MR) is 40.3 cm³/mol. The van der Waals surface area contributed by atoms with Gasteiger partial charge in [-0.25, -0.2) is 0 Å². The van der Waals surface area contributed by atoms with Crippen molar-refractivity contribution < 1.29 is 0 Å². The standard InChI is InChI=1S/C6H9N5/c1-3(8)5-4(2-7)6(9)11-10-5/h3H,8H2,1H3,(H3,9,10,11)/t3-/m0/s1. The van der Waals surface area contributed by atoms with Gasteiger partial charge in [0.1, 0.15) is 11.6 Å². The lowest BCUT2D eigenvalue weighted by Gasteiger charge is -1.99. The third-order valence-electron chi connectivity index (χ3n) is 1.39. The van der Waals surface area contributed by atoms with E-state index < -0.39 is 0 Å². The van der Waals surface area contributed by atoms with Crippen molar-refractivity contribution in [1.29, 1.82) is 5.26 Å². The number of hydrogen-bond donors (Lipinski definition) is 3. The predicted octanol–water partition coefficient (Wildman–Crippen LogP) is -0.117. The maximum Gasteiger partial charge on any atom is 0.163 e. The molecule has 0 amide bonds. The van der Waals surface area contributed by atoms with Gasteiger partial charge in [-0.2, -0.15) is 10.4 Å². The van der Waals surface area contributed by atoms with Crippen LogP contribution < -0.4 is 11.5 Å². The van der Waals surface area contributed by atoms with Gasteiger partial charge >= 0.3 is 0 Å². The van der Waals surface area contributed by atoms with E-state index >= 15 is 0 Å². The molecule has 1 atom stereocenters. The maximum absolute atomic E-state index is 8.59. The number of aromatic amines is 1. The first-order valence-electron chi connectivity index (χ1n) is 3.16. The van der Waals surface area contributed by atoms with E-state index in [1.54, 1.807) is 6.92 Å². The topological polar surface area (TPSA) is 105 Å².